The second-order valence-corrected chi connectivity index (χ2v) is 4.32. The van der Waals surface area contributed by atoms with E-state index < -0.39 is 5.56 Å². The van der Waals surface area contributed by atoms with Crippen molar-refractivity contribution in [1.82, 2.24) is 19.6 Å². The smallest absolute Gasteiger partial charge is 0.292 e. The van der Waals surface area contributed by atoms with Crippen molar-refractivity contribution in [2.45, 2.75) is 6.54 Å². The zero-order valence-corrected chi connectivity index (χ0v) is 10.5. The maximum atomic E-state index is 11.7. The van der Waals surface area contributed by atoms with Gasteiger partial charge in [0.2, 0.25) is 0 Å². The van der Waals surface area contributed by atoms with E-state index in [9.17, 15) is 9.90 Å². The number of pyridine rings is 1. The Morgan fingerprint density at radius 2 is 1.90 bits per heavy atom. The summed E-state index contributed by atoms with van der Waals surface area (Å²) in [6.45, 7) is 0.264. The molecule has 6 heteroatoms. The van der Waals surface area contributed by atoms with Gasteiger partial charge >= 0.3 is 0 Å². The molecule has 0 saturated carbocycles. The number of hydrogen-bond acceptors (Lipinski definition) is 4. The number of nitrogens with zero attached hydrogens (tertiary/aromatic N) is 4. The molecule has 0 amide bonds. The molecule has 1 N–H and O–H groups in total. The zero-order chi connectivity index (χ0) is 13.9. The van der Waals surface area contributed by atoms with Gasteiger partial charge in [-0.3, -0.25) is 4.79 Å². The minimum atomic E-state index is -0.443. The molecule has 20 heavy (non-hydrogen) atoms. The summed E-state index contributed by atoms with van der Waals surface area (Å²) >= 11 is 0. The number of aromatic hydroxyl groups is 1. The Morgan fingerprint density at radius 3 is 2.70 bits per heavy atom. The average Bonchev–Trinajstić information content (AvgIpc) is 2.93. The minimum Gasteiger partial charge on any atom is -0.503 e. The van der Waals surface area contributed by atoms with Crippen molar-refractivity contribution in [3.63, 3.8) is 0 Å². The first-order chi connectivity index (χ1) is 9.74. The van der Waals surface area contributed by atoms with Crippen LogP contribution in [0.15, 0.2) is 59.7 Å². The first kappa shape index (κ1) is 12.2. The Balaban J connectivity index is 1.88. The van der Waals surface area contributed by atoms with Crippen LogP contribution in [-0.4, -0.2) is 24.7 Å². The van der Waals surface area contributed by atoms with Gasteiger partial charge in [0, 0.05) is 6.20 Å². The lowest BCUT2D eigenvalue weighted by Crippen LogP contribution is -2.19. The van der Waals surface area contributed by atoms with E-state index in [1.54, 1.807) is 23.1 Å². The first-order valence-corrected chi connectivity index (χ1v) is 6.09. The molecule has 0 aliphatic carbocycles. The molecule has 1 aromatic carbocycles. The molecule has 0 aliphatic rings. The van der Waals surface area contributed by atoms with E-state index in [1.807, 2.05) is 30.3 Å². The van der Waals surface area contributed by atoms with Crippen LogP contribution in [0, 0.1) is 0 Å². The van der Waals surface area contributed by atoms with Gasteiger partial charge in [0.25, 0.3) is 5.56 Å². The summed E-state index contributed by atoms with van der Waals surface area (Å²) in [7, 11) is 0. The molecule has 6 nitrogen and oxygen atoms in total. The normalized spacial score (nSPS) is 10.6. The predicted molar refractivity (Wildman–Crippen MR) is 72.8 cm³/mol. The van der Waals surface area contributed by atoms with Crippen LogP contribution in [0.2, 0.25) is 0 Å². The summed E-state index contributed by atoms with van der Waals surface area (Å²) in [5.41, 5.74) is 1.10. The molecule has 0 aliphatic heterocycles. The Morgan fingerprint density at radius 1 is 1.10 bits per heavy atom. The van der Waals surface area contributed by atoms with Crippen LogP contribution < -0.4 is 5.56 Å². The van der Waals surface area contributed by atoms with E-state index in [-0.39, 0.29) is 12.3 Å². The summed E-state index contributed by atoms with van der Waals surface area (Å²) in [4.78, 5) is 11.7. The van der Waals surface area contributed by atoms with Gasteiger partial charge < -0.3 is 9.67 Å². The van der Waals surface area contributed by atoms with Gasteiger partial charge in [-0.25, -0.2) is 4.68 Å². The van der Waals surface area contributed by atoms with Crippen molar-refractivity contribution >= 4 is 0 Å². The van der Waals surface area contributed by atoms with Gasteiger partial charge in [0.1, 0.15) is 5.69 Å². The molecule has 0 saturated heterocycles. The maximum Gasteiger partial charge on any atom is 0.292 e. The predicted octanol–water partition coefficient (Wildman–Crippen LogP) is 1.18. The summed E-state index contributed by atoms with van der Waals surface area (Å²) in [6, 6.07) is 12.6. The maximum absolute atomic E-state index is 11.7. The molecule has 100 valence electrons. The van der Waals surface area contributed by atoms with Crippen LogP contribution >= 0.6 is 0 Å². The SMILES string of the molecule is O=c1c(O)cccn1Cc1cn(-c2ccccc2)nn1. The number of hydrogen-bond donors (Lipinski definition) is 1. The number of para-hydroxylation sites is 1. The standard InChI is InChI=1S/C14H12N4O2/c19-13-7-4-8-17(14(13)20)9-11-10-18(16-15-11)12-5-2-1-3-6-12/h1-8,10,19H,9H2. The molecule has 0 fully saturated rings. The topological polar surface area (TPSA) is 72.9 Å². The number of aromatic nitrogens is 4. The highest BCUT2D eigenvalue weighted by molar-refractivity contribution is 5.30. The third-order valence-corrected chi connectivity index (χ3v) is 2.89. The highest BCUT2D eigenvalue weighted by Gasteiger charge is 2.06. The second kappa shape index (κ2) is 5.00. The third kappa shape index (κ3) is 2.31. The van der Waals surface area contributed by atoms with E-state index in [0.29, 0.717) is 5.69 Å². The number of rotatable bonds is 3. The van der Waals surface area contributed by atoms with Crippen LogP contribution in [0.25, 0.3) is 5.69 Å². The van der Waals surface area contributed by atoms with Crippen molar-refractivity contribution in [3.05, 3.63) is 70.9 Å². The largest absolute Gasteiger partial charge is 0.503 e. The van der Waals surface area contributed by atoms with Gasteiger partial charge in [0.05, 0.1) is 18.4 Å². The van der Waals surface area contributed by atoms with Crippen LogP contribution in [-0.2, 0) is 6.54 Å². The van der Waals surface area contributed by atoms with Crippen LogP contribution in [0.1, 0.15) is 5.69 Å². The van der Waals surface area contributed by atoms with E-state index in [1.165, 1.54) is 10.6 Å². The van der Waals surface area contributed by atoms with Gasteiger partial charge in [0.15, 0.2) is 5.75 Å². The van der Waals surface area contributed by atoms with Crippen LogP contribution in [0.3, 0.4) is 0 Å². The highest BCUT2D eigenvalue weighted by atomic mass is 16.3. The van der Waals surface area contributed by atoms with Crippen LogP contribution in [0.4, 0.5) is 0 Å². The van der Waals surface area contributed by atoms with Gasteiger partial charge in [-0.1, -0.05) is 23.4 Å². The molecular weight excluding hydrogens is 256 g/mol. The summed E-state index contributed by atoms with van der Waals surface area (Å²) in [5, 5.41) is 17.4. The second-order valence-electron chi connectivity index (χ2n) is 4.32. The molecular formula is C14H12N4O2. The fourth-order valence-electron chi connectivity index (χ4n) is 1.90. The van der Waals surface area contributed by atoms with Crippen molar-refractivity contribution in [3.8, 4) is 11.4 Å². The minimum absolute atomic E-state index is 0.264. The highest BCUT2D eigenvalue weighted by Crippen LogP contribution is 2.07. The average molecular weight is 268 g/mol. The molecule has 0 spiro atoms. The van der Waals surface area contributed by atoms with Gasteiger partial charge in [-0.15, -0.1) is 5.10 Å². The van der Waals surface area contributed by atoms with Crippen molar-refractivity contribution in [2.75, 3.05) is 0 Å². The molecule has 2 heterocycles. The van der Waals surface area contributed by atoms with Gasteiger partial charge in [-0.2, -0.15) is 0 Å². The fourth-order valence-corrected chi connectivity index (χ4v) is 1.90. The Bertz CT molecular complexity index is 777. The van der Waals surface area contributed by atoms with Crippen molar-refractivity contribution in [2.24, 2.45) is 0 Å². The lowest BCUT2D eigenvalue weighted by Gasteiger charge is -2.02. The van der Waals surface area contributed by atoms with Crippen LogP contribution in [0.5, 0.6) is 5.75 Å². The Kier molecular flexibility index (Phi) is 3.04. The molecule has 0 bridgehead atoms. The first-order valence-electron chi connectivity index (χ1n) is 6.09. The molecule has 2 aromatic heterocycles. The lowest BCUT2D eigenvalue weighted by atomic mass is 10.3. The number of benzene rings is 1. The monoisotopic (exact) mass is 268 g/mol. The molecule has 0 radical (unpaired) electrons. The molecule has 3 rings (SSSR count). The molecule has 0 atom stereocenters. The zero-order valence-electron chi connectivity index (χ0n) is 10.5. The Hall–Kier alpha value is -2.89. The van der Waals surface area contributed by atoms with E-state index in [4.69, 9.17) is 0 Å². The van der Waals surface area contributed by atoms with E-state index in [0.717, 1.165) is 5.69 Å². The van der Waals surface area contributed by atoms with E-state index in [2.05, 4.69) is 10.3 Å². The summed E-state index contributed by atoms with van der Waals surface area (Å²) in [5.74, 6) is -0.275. The third-order valence-electron chi connectivity index (χ3n) is 2.89. The van der Waals surface area contributed by atoms with Gasteiger partial charge in [-0.05, 0) is 24.3 Å². The summed E-state index contributed by atoms with van der Waals surface area (Å²) < 4.78 is 3.03. The van der Waals surface area contributed by atoms with E-state index >= 15 is 0 Å². The fraction of sp³-hybridized carbons (Fsp3) is 0.0714. The van der Waals surface area contributed by atoms with Crippen molar-refractivity contribution in [1.29, 1.82) is 0 Å². The molecule has 3 aromatic rings. The van der Waals surface area contributed by atoms with Crippen molar-refractivity contribution < 1.29 is 5.11 Å². The quantitative estimate of drug-likeness (QED) is 0.774. The molecule has 0 unspecified atom stereocenters. The summed E-state index contributed by atoms with van der Waals surface area (Å²) in [6.07, 6.45) is 3.36. The Labute approximate surface area is 114 Å². The lowest BCUT2D eigenvalue weighted by molar-refractivity contribution is 0.459.